The maximum atomic E-state index is 5.08. The zero-order chi connectivity index (χ0) is 21.8. The molecule has 2 heterocycles. The molecule has 0 aliphatic rings. The SMILES string of the molecule is c1ccc(-c2cccc3c2sc2cccc(-c4ncc5ccc6ccccc6c5n4)c23)cc1. The number of benzene rings is 5. The topological polar surface area (TPSA) is 25.8 Å². The van der Waals surface area contributed by atoms with E-state index in [4.69, 9.17) is 9.97 Å². The second-order valence-electron chi connectivity index (χ2n) is 8.25. The lowest BCUT2D eigenvalue weighted by atomic mass is 10.0. The van der Waals surface area contributed by atoms with Gasteiger partial charge in [-0.2, -0.15) is 0 Å². The molecule has 0 aliphatic heterocycles. The number of hydrogen-bond acceptors (Lipinski definition) is 3. The van der Waals surface area contributed by atoms with Gasteiger partial charge in [-0.25, -0.2) is 9.97 Å². The first-order valence-corrected chi connectivity index (χ1v) is 11.8. The summed E-state index contributed by atoms with van der Waals surface area (Å²) in [5, 5.41) is 5.91. The van der Waals surface area contributed by atoms with E-state index in [9.17, 15) is 0 Å². The molecule has 0 saturated heterocycles. The molecular weight excluding hydrogens is 420 g/mol. The fraction of sp³-hybridized carbons (Fsp3) is 0. The molecule has 5 aromatic carbocycles. The molecule has 0 spiro atoms. The molecule has 2 aromatic heterocycles. The zero-order valence-electron chi connectivity index (χ0n) is 17.7. The van der Waals surface area contributed by atoms with Gasteiger partial charge >= 0.3 is 0 Å². The van der Waals surface area contributed by atoms with Gasteiger partial charge < -0.3 is 0 Å². The average Bonchev–Trinajstić information content (AvgIpc) is 3.28. The minimum atomic E-state index is 0.772. The molecule has 0 amide bonds. The monoisotopic (exact) mass is 438 g/mol. The normalized spacial score (nSPS) is 11.6. The van der Waals surface area contributed by atoms with Crippen LogP contribution >= 0.6 is 11.3 Å². The van der Waals surface area contributed by atoms with Crippen LogP contribution in [-0.2, 0) is 0 Å². The van der Waals surface area contributed by atoms with Gasteiger partial charge in [0, 0.05) is 42.7 Å². The van der Waals surface area contributed by atoms with Gasteiger partial charge in [-0.3, -0.25) is 0 Å². The Labute approximate surface area is 194 Å². The molecule has 0 unspecified atom stereocenters. The molecule has 0 N–H and O–H groups in total. The van der Waals surface area contributed by atoms with Crippen LogP contribution < -0.4 is 0 Å². The van der Waals surface area contributed by atoms with E-state index in [1.807, 2.05) is 17.5 Å². The van der Waals surface area contributed by atoms with Crippen molar-refractivity contribution in [2.75, 3.05) is 0 Å². The van der Waals surface area contributed by atoms with Crippen molar-refractivity contribution < 1.29 is 0 Å². The maximum Gasteiger partial charge on any atom is 0.160 e. The van der Waals surface area contributed by atoms with Crippen molar-refractivity contribution in [3.05, 3.63) is 109 Å². The molecule has 0 fully saturated rings. The predicted molar refractivity (Wildman–Crippen MR) is 141 cm³/mol. The van der Waals surface area contributed by atoms with Crippen molar-refractivity contribution in [3.8, 4) is 22.5 Å². The fourth-order valence-electron chi connectivity index (χ4n) is 4.78. The summed E-state index contributed by atoms with van der Waals surface area (Å²) in [6.45, 7) is 0. The zero-order valence-corrected chi connectivity index (χ0v) is 18.5. The van der Waals surface area contributed by atoms with Crippen molar-refractivity contribution >= 4 is 53.2 Å². The first-order chi connectivity index (χ1) is 16.4. The highest BCUT2D eigenvalue weighted by atomic mass is 32.1. The smallest absolute Gasteiger partial charge is 0.160 e. The first-order valence-electron chi connectivity index (χ1n) is 11.0. The number of thiophene rings is 1. The Morgan fingerprint density at radius 2 is 1.33 bits per heavy atom. The molecule has 0 radical (unpaired) electrons. The number of nitrogens with zero attached hydrogens (tertiary/aromatic N) is 2. The van der Waals surface area contributed by atoms with Crippen molar-refractivity contribution in [3.63, 3.8) is 0 Å². The summed E-state index contributed by atoms with van der Waals surface area (Å²) in [7, 11) is 0. The van der Waals surface area contributed by atoms with E-state index in [0.717, 1.165) is 27.7 Å². The molecule has 7 aromatic rings. The third-order valence-electron chi connectivity index (χ3n) is 6.32. The second kappa shape index (κ2) is 7.22. The van der Waals surface area contributed by atoms with Gasteiger partial charge in [-0.05, 0) is 22.6 Å². The van der Waals surface area contributed by atoms with Crippen LogP contribution in [0.15, 0.2) is 109 Å². The minimum absolute atomic E-state index is 0.772. The maximum absolute atomic E-state index is 5.08. The molecule has 154 valence electrons. The van der Waals surface area contributed by atoms with E-state index >= 15 is 0 Å². The first kappa shape index (κ1) is 18.5. The molecule has 0 aliphatic carbocycles. The van der Waals surface area contributed by atoms with Gasteiger partial charge in [0.25, 0.3) is 0 Å². The Bertz CT molecular complexity index is 1820. The fourth-order valence-corrected chi connectivity index (χ4v) is 6.04. The van der Waals surface area contributed by atoms with Crippen molar-refractivity contribution in [2.45, 2.75) is 0 Å². The second-order valence-corrected chi connectivity index (χ2v) is 9.30. The summed E-state index contributed by atoms with van der Waals surface area (Å²) in [4.78, 5) is 9.88. The van der Waals surface area contributed by atoms with E-state index in [-0.39, 0.29) is 0 Å². The molecule has 3 heteroatoms. The minimum Gasteiger partial charge on any atom is -0.236 e. The quantitative estimate of drug-likeness (QED) is 0.253. The Hall–Kier alpha value is -4.08. The van der Waals surface area contributed by atoms with Crippen LogP contribution in [0.1, 0.15) is 0 Å². The molecule has 33 heavy (non-hydrogen) atoms. The number of rotatable bonds is 2. The van der Waals surface area contributed by atoms with Crippen LogP contribution in [0.3, 0.4) is 0 Å². The highest BCUT2D eigenvalue weighted by molar-refractivity contribution is 7.26. The Kier molecular flexibility index (Phi) is 4.05. The number of fused-ring (bicyclic) bond motifs is 6. The van der Waals surface area contributed by atoms with Gasteiger partial charge in [-0.1, -0.05) is 97.1 Å². The van der Waals surface area contributed by atoms with Crippen LogP contribution in [0.2, 0.25) is 0 Å². The lowest BCUT2D eigenvalue weighted by Crippen LogP contribution is -1.91. The van der Waals surface area contributed by atoms with Gasteiger partial charge in [0.15, 0.2) is 5.82 Å². The van der Waals surface area contributed by atoms with Crippen LogP contribution in [0, 0.1) is 0 Å². The van der Waals surface area contributed by atoms with Gasteiger partial charge in [-0.15, -0.1) is 11.3 Å². The summed E-state index contributed by atoms with van der Waals surface area (Å²) in [6.07, 6.45) is 1.95. The third kappa shape index (κ3) is 2.86. The van der Waals surface area contributed by atoms with E-state index in [1.54, 1.807) is 0 Å². The Morgan fingerprint density at radius 3 is 2.27 bits per heavy atom. The molecule has 0 saturated carbocycles. The Balaban J connectivity index is 1.53. The summed E-state index contributed by atoms with van der Waals surface area (Å²) in [5.74, 6) is 0.772. The number of hydrogen-bond donors (Lipinski definition) is 0. The van der Waals surface area contributed by atoms with Crippen LogP contribution in [0.5, 0.6) is 0 Å². The largest absolute Gasteiger partial charge is 0.236 e. The van der Waals surface area contributed by atoms with Gasteiger partial charge in [0.2, 0.25) is 0 Å². The predicted octanol–water partition coefficient (Wildman–Crippen LogP) is 8.48. The Morgan fingerprint density at radius 1 is 0.576 bits per heavy atom. The molecule has 0 bridgehead atoms. The van der Waals surface area contributed by atoms with Gasteiger partial charge in [0.1, 0.15) is 0 Å². The van der Waals surface area contributed by atoms with E-state index in [1.165, 1.54) is 36.7 Å². The van der Waals surface area contributed by atoms with Crippen molar-refractivity contribution in [2.24, 2.45) is 0 Å². The van der Waals surface area contributed by atoms with E-state index in [2.05, 4.69) is 103 Å². The lowest BCUT2D eigenvalue weighted by Gasteiger charge is -2.07. The van der Waals surface area contributed by atoms with E-state index in [0.29, 0.717) is 0 Å². The highest BCUT2D eigenvalue weighted by Crippen LogP contribution is 2.43. The van der Waals surface area contributed by atoms with Crippen molar-refractivity contribution in [1.82, 2.24) is 9.97 Å². The summed E-state index contributed by atoms with van der Waals surface area (Å²) in [6, 6.07) is 36.3. The van der Waals surface area contributed by atoms with Gasteiger partial charge in [0.05, 0.1) is 5.52 Å². The number of aromatic nitrogens is 2. The van der Waals surface area contributed by atoms with Crippen LogP contribution in [-0.4, -0.2) is 9.97 Å². The van der Waals surface area contributed by atoms with Crippen LogP contribution in [0.4, 0.5) is 0 Å². The standard InChI is InChI=1S/C30H18N2S/c1-2-8-19(9-3-1)23-12-6-13-24-27-25(14-7-15-26(27)33-29(23)24)30-31-18-21-17-16-20-10-4-5-11-22(20)28(21)32-30/h1-18H. The average molecular weight is 439 g/mol. The van der Waals surface area contributed by atoms with Crippen molar-refractivity contribution in [1.29, 1.82) is 0 Å². The molecule has 7 rings (SSSR count). The molecule has 2 nitrogen and oxygen atoms in total. The van der Waals surface area contributed by atoms with Crippen LogP contribution in [0.25, 0.3) is 64.4 Å². The summed E-state index contributed by atoms with van der Waals surface area (Å²) >= 11 is 1.84. The summed E-state index contributed by atoms with van der Waals surface area (Å²) in [5.41, 5.74) is 4.59. The molecular formula is C30H18N2S. The summed E-state index contributed by atoms with van der Waals surface area (Å²) < 4.78 is 2.56. The molecule has 0 atom stereocenters. The lowest BCUT2D eigenvalue weighted by molar-refractivity contribution is 1.24. The highest BCUT2D eigenvalue weighted by Gasteiger charge is 2.16. The third-order valence-corrected chi connectivity index (χ3v) is 7.53. The van der Waals surface area contributed by atoms with E-state index < -0.39 is 0 Å².